The molecule has 0 aromatic carbocycles. The highest BCUT2D eigenvalue weighted by Crippen LogP contribution is 2.49. The van der Waals surface area contributed by atoms with Gasteiger partial charge in [0.1, 0.15) is 5.60 Å². The van der Waals surface area contributed by atoms with Crippen LogP contribution in [-0.2, 0) is 12.1 Å². The number of hydrogen-bond donors (Lipinski definition) is 1. The van der Waals surface area contributed by atoms with Crippen molar-refractivity contribution in [2.24, 2.45) is 11.3 Å². The largest absolute Gasteiger partial charge is 0.383 e. The van der Waals surface area contributed by atoms with Gasteiger partial charge in [0.15, 0.2) is 0 Å². The van der Waals surface area contributed by atoms with E-state index in [1.54, 1.807) is 6.20 Å². The van der Waals surface area contributed by atoms with Gasteiger partial charge in [-0.25, -0.2) is 0 Å². The van der Waals surface area contributed by atoms with Gasteiger partial charge in [0.25, 0.3) is 0 Å². The van der Waals surface area contributed by atoms with Crippen molar-refractivity contribution in [1.29, 1.82) is 0 Å². The predicted molar refractivity (Wildman–Crippen MR) is 76.3 cm³/mol. The minimum atomic E-state index is -0.757. The van der Waals surface area contributed by atoms with Crippen LogP contribution in [0, 0.1) is 11.3 Å². The lowest BCUT2D eigenvalue weighted by Gasteiger charge is -2.44. The minimum Gasteiger partial charge on any atom is -0.383 e. The Balaban J connectivity index is 2.43. The summed E-state index contributed by atoms with van der Waals surface area (Å²) in [7, 11) is 0. The molecule has 0 bridgehead atoms. The third-order valence-electron chi connectivity index (χ3n) is 3.89. The maximum absolute atomic E-state index is 11.1. The minimum absolute atomic E-state index is 0.175. The highest BCUT2D eigenvalue weighted by Gasteiger charge is 2.45. The van der Waals surface area contributed by atoms with Crippen LogP contribution in [0.4, 0.5) is 0 Å². The molecule has 1 aliphatic rings. The number of aromatic nitrogens is 2. The summed E-state index contributed by atoms with van der Waals surface area (Å²) in [6, 6.07) is 0. The maximum atomic E-state index is 11.1. The number of aryl methyl sites for hydroxylation is 1. The van der Waals surface area contributed by atoms with Gasteiger partial charge in [-0.2, -0.15) is 5.10 Å². The van der Waals surface area contributed by atoms with E-state index in [2.05, 4.69) is 48.7 Å². The van der Waals surface area contributed by atoms with E-state index in [4.69, 9.17) is 0 Å². The molecule has 2 unspecified atom stereocenters. The fourth-order valence-electron chi connectivity index (χ4n) is 3.77. The van der Waals surface area contributed by atoms with Gasteiger partial charge in [0, 0.05) is 6.54 Å². The molecular formula is C14H23BrN2O. The van der Waals surface area contributed by atoms with Crippen LogP contribution in [0.5, 0.6) is 0 Å². The van der Waals surface area contributed by atoms with Crippen molar-refractivity contribution in [3.63, 3.8) is 0 Å². The molecule has 2 rings (SSSR count). The first-order valence-corrected chi connectivity index (χ1v) is 7.51. The third-order valence-corrected chi connectivity index (χ3v) is 4.47. The Morgan fingerprint density at radius 2 is 2.17 bits per heavy atom. The summed E-state index contributed by atoms with van der Waals surface area (Å²) in [6.07, 6.45) is 4.59. The van der Waals surface area contributed by atoms with Crippen molar-refractivity contribution in [2.75, 3.05) is 0 Å². The van der Waals surface area contributed by atoms with Gasteiger partial charge in [0.2, 0.25) is 0 Å². The van der Waals surface area contributed by atoms with Crippen LogP contribution < -0.4 is 0 Å². The zero-order valence-corrected chi connectivity index (χ0v) is 13.3. The molecule has 1 heterocycles. The smallest absolute Gasteiger partial charge is 0.108 e. The zero-order chi connectivity index (χ0) is 13.6. The quantitative estimate of drug-likeness (QED) is 0.903. The average Bonchev–Trinajstić information content (AvgIpc) is 2.56. The SMILES string of the molecule is CCn1ncc(Br)c1C1(O)CC(C)CC(C)(C)C1. The molecule has 18 heavy (non-hydrogen) atoms. The van der Waals surface area contributed by atoms with Gasteiger partial charge < -0.3 is 5.11 Å². The van der Waals surface area contributed by atoms with E-state index in [9.17, 15) is 5.11 Å². The van der Waals surface area contributed by atoms with Crippen LogP contribution in [0.1, 0.15) is 52.7 Å². The zero-order valence-electron chi connectivity index (χ0n) is 11.7. The lowest BCUT2D eigenvalue weighted by molar-refractivity contribution is -0.0698. The Bertz CT molecular complexity index is 441. The Labute approximate surface area is 118 Å². The van der Waals surface area contributed by atoms with Gasteiger partial charge in [-0.3, -0.25) is 4.68 Å². The normalized spacial score (nSPS) is 31.6. The van der Waals surface area contributed by atoms with Gasteiger partial charge >= 0.3 is 0 Å². The van der Waals surface area contributed by atoms with E-state index in [0.717, 1.165) is 29.6 Å². The molecule has 0 aliphatic heterocycles. The molecule has 2 atom stereocenters. The number of rotatable bonds is 2. The summed E-state index contributed by atoms with van der Waals surface area (Å²) < 4.78 is 2.84. The maximum Gasteiger partial charge on any atom is 0.108 e. The van der Waals surface area contributed by atoms with Crippen LogP contribution in [0.3, 0.4) is 0 Å². The second-order valence-electron chi connectivity index (χ2n) is 6.54. The monoisotopic (exact) mass is 314 g/mol. The molecule has 4 heteroatoms. The highest BCUT2D eigenvalue weighted by molar-refractivity contribution is 9.10. The van der Waals surface area contributed by atoms with E-state index in [1.807, 2.05) is 4.68 Å². The second-order valence-corrected chi connectivity index (χ2v) is 7.40. The van der Waals surface area contributed by atoms with Gasteiger partial charge in [-0.1, -0.05) is 20.8 Å². The van der Waals surface area contributed by atoms with Crippen LogP contribution in [0.2, 0.25) is 0 Å². The number of nitrogens with zero attached hydrogens (tertiary/aromatic N) is 2. The van der Waals surface area contributed by atoms with Crippen molar-refractivity contribution in [2.45, 2.75) is 59.1 Å². The molecule has 1 aliphatic carbocycles. The predicted octanol–water partition coefficient (Wildman–Crippen LogP) is 3.70. The molecular weight excluding hydrogens is 292 g/mol. The first-order chi connectivity index (χ1) is 8.27. The fraction of sp³-hybridized carbons (Fsp3) is 0.786. The van der Waals surface area contributed by atoms with E-state index >= 15 is 0 Å². The van der Waals surface area contributed by atoms with Gasteiger partial charge in [-0.05, 0) is 53.4 Å². The molecule has 102 valence electrons. The summed E-state index contributed by atoms with van der Waals surface area (Å²) in [5.74, 6) is 0.533. The molecule has 0 saturated heterocycles. The molecule has 0 spiro atoms. The summed E-state index contributed by atoms with van der Waals surface area (Å²) in [5, 5.41) is 15.5. The Morgan fingerprint density at radius 3 is 2.72 bits per heavy atom. The Kier molecular flexibility index (Phi) is 3.63. The second kappa shape index (κ2) is 4.64. The van der Waals surface area contributed by atoms with E-state index in [-0.39, 0.29) is 5.41 Å². The molecule has 1 N–H and O–H groups in total. The third kappa shape index (κ3) is 2.50. The summed E-state index contributed by atoms with van der Waals surface area (Å²) in [4.78, 5) is 0. The molecule has 0 radical (unpaired) electrons. The van der Waals surface area contributed by atoms with Crippen LogP contribution >= 0.6 is 15.9 Å². The number of halogens is 1. The topological polar surface area (TPSA) is 38.0 Å². The molecule has 1 saturated carbocycles. The average molecular weight is 315 g/mol. The summed E-state index contributed by atoms with van der Waals surface area (Å²) in [6.45, 7) is 9.57. The Morgan fingerprint density at radius 1 is 1.50 bits per heavy atom. The highest BCUT2D eigenvalue weighted by atomic mass is 79.9. The lowest BCUT2D eigenvalue weighted by Crippen LogP contribution is -2.41. The van der Waals surface area contributed by atoms with Crippen molar-refractivity contribution < 1.29 is 5.11 Å². The molecule has 1 aromatic rings. The van der Waals surface area contributed by atoms with Crippen LogP contribution in [0.15, 0.2) is 10.7 Å². The first kappa shape index (κ1) is 14.1. The van der Waals surface area contributed by atoms with Crippen molar-refractivity contribution in [3.8, 4) is 0 Å². The summed E-state index contributed by atoms with van der Waals surface area (Å²) >= 11 is 3.54. The van der Waals surface area contributed by atoms with Crippen LogP contribution in [-0.4, -0.2) is 14.9 Å². The summed E-state index contributed by atoms with van der Waals surface area (Å²) in [5.41, 5.74) is 0.367. The standard InChI is InChI=1S/C14H23BrN2O/c1-5-17-12(11(15)8-16-17)14(18)7-10(2)6-13(3,4)9-14/h8,10,18H,5-7,9H2,1-4H3. The number of hydrogen-bond acceptors (Lipinski definition) is 2. The van der Waals surface area contributed by atoms with Crippen LogP contribution in [0.25, 0.3) is 0 Å². The molecule has 1 aromatic heterocycles. The van der Waals surface area contributed by atoms with Crippen molar-refractivity contribution >= 4 is 15.9 Å². The lowest BCUT2D eigenvalue weighted by atomic mass is 9.65. The van der Waals surface area contributed by atoms with E-state index in [1.165, 1.54) is 6.42 Å². The Hall–Kier alpha value is -0.350. The van der Waals surface area contributed by atoms with E-state index in [0.29, 0.717) is 5.92 Å². The van der Waals surface area contributed by atoms with Crippen molar-refractivity contribution in [3.05, 3.63) is 16.4 Å². The van der Waals surface area contributed by atoms with Crippen molar-refractivity contribution in [1.82, 2.24) is 9.78 Å². The fourth-order valence-corrected chi connectivity index (χ4v) is 4.44. The molecule has 0 amide bonds. The molecule has 3 nitrogen and oxygen atoms in total. The number of aliphatic hydroxyl groups is 1. The first-order valence-electron chi connectivity index (χ1n) is 6.71. The van der Waals surface area contributed by atoms with Gasteiger partial charge in [-0.15, -0.1) is 0 Å². The van der Waals surface area contributed by atoms with E-state index < -0.39 is 5.60 Å². The van der Waals surface area contributed by atoms with Gasteiger partial charge in [0.05, 0.1) is 16.4 Å². The molecule has 1 fully saturated rings.